The molecule has 6 rings (SSSR count). The Morgan fingerprint density at radius 3 is 2.06 bits per heavy atom. The minimum Gasteiger partial charge on any atom is -0.481 e. The lowest BCUT2D eigenvalue weighted by molar-refractivity contribution is -0.153. The molecule has 3 aliphatic rings. The monoisotopic (exact) mass is 676 g/mol. The number of carbonyl (C=O) groups is 3. The lowest BCUT2D eigenvalue weighted by atomic mass is 9.71. The maximum Gasteiger partial charge on any atom is 0.310 e. The number of nitrogens with zero attached hydrogens (tertiary/aromatic N) is 3. The van der Waals surface area contributed by atoms with Gasteiger partial charge in [0.15, 0.2) is 5.82 Å². The quantitative estimate of drug-likeness (QED) is 0.204. The highest BCUT2D eigenvalue weighted by atomic mass is 16.4. The van der Waals surface area contributed by atoms with Crippen molar-refractivity contribution >= 4 is 23.4 Å². The highest BCUT2D eigenvalue weighted by molar-refractivity contribution is 5.98. The number of allylic oxidation sites excluding steroid dienone is 2. The molecule has 1 saturated heterocycles. The minimum atomic E-state index is -0.911. The van der Waals surface area contributed by atoms with E-state index >= 15 is 0 Å². The lowest BCUT2D eigenvalue weighted by Gasteiger charge is -2.39. The van der Waals surface area contributed by atoms with Crippen molar-refractivity contribution in [2.75, 3.05) is 13.1 Å². The highest BCUT2D eigenvalue weighted by Gasteiger charge is 2.39. The van der Waals surface area contributed by atoms with Crippen LogP contribution in [0.2, 0.25) is 0 Å². The third-order valence-corrected chi connectivity index (χ3v) is 11.3. The van der Waals surface area contributed by atoms with Crippen LogP contribution in [0, 0.1) is 29.6 Å². The first-order valence-corrected chi connectivity index (χ1v) is 18.7. The molecule has 50 heavy (non-hydrogen) atoms. The number of carbonyl (C=O) groups excluding carboxylic acids is 2. The molecule has 2 aromatic carbocycles. The van der Waals surface area contributed by atoms with Crippen LogP contribution in [-0.4, -0.2) is 56.9 Å². The number of aromatic nitrogens is 2. The van der Waals surface area contributed by atoms with Crippen LogP contribution in [0.5, 0.6) is 0 Å². The van der Waals surface area contributed by atoms with Gasteiger partial charge in [0.2, 0.25) is 5.91 Å². The van der Waals surface area contributed by atoms with Crippen molar-refractivity contribution < 1.29 is 19.5 Å². The van der Waals surface area contributed by atoms with Gasteiger partial charge in [-0.15, -0.1) is 0 Å². The van der Waals surface area contributed by atoms with Crippen molar-refractivity contribution in [3.8, 4) is 11.4 Å². The first-order valence-electron chi connectivity index (χ1n) is 18.7. The first kappa shape index (κ1) is 35.5. The fourth-order valence-electron chi connectivity index (χ4n) is 8.02. The van der Waals surface area contributed by atoms with Gasteiger partial charge in [-0.2, -0.15) is 0 Å². The molecule has 264 valence electrons. The Bertz CT molecular complexity index is 1650. The Morgan fingerprint density at radius 2 is 1.48 bits per heavy atom. The average Bonchev–Trinajstić information content (AvgIpc) is 3.11. The maximum absolute atomic E-state index is 13.5. The van der Waals surface area contributed by atoms with Gasteiger partial charge in [-0.3, -0.25) is 14.4 Å². The molecule has 1 saturated carbocycles. The van der Waals surface area contributed by atoms with Crippen LogP contribution < -0.4 is 5.32 Å². The van der Waals surface area contributed by atoms with Crippen molar-refractivity contribution in [2.45, 2.75) is 91.0 Å². The zero-order valence-corrected chi connectivity index (χ0v) is 29.8. The Kier molecular flexibility index (Phi) is 11.5. The summed E-state index contributed by atoms with van der Waals surface area (Å²) in [7, 11) is 0. The summed E-state index contributed by atoms with van der Waals surface area (Å²) in [4.78, 5) is 49.1. The Morgan fingerprint density at radius 1 is 0.840 bits per heavy atom. The molecule has 0 spiro atoms. The van der Waals surface area contributed by atoms with E-state index in [0.717, 1.165) is 59.3 Å². The molecule has 1 aliphatic heterocycles. The molecule has 2 aliphatic carbocycles. The molecule has 2 heterocycles. The molecular formula is C42H52N4O4. The number of rotatable bonds is 12. The zero-order chi connectivity index (χ0) is 35.2. The Labute approximate surface area is 296 Å². The Hall–Kier alpha value is -4.33. The summed E-state index contributed by atoms with van der Waals surface area (Å²) in [5.74, 6) is 1.69. The van der Waals surface area contributed by atoms with Crippen LogP contribution in [0.4, 0.5) is 0 Å². The number of nitrogens with one attached hydrogen (secondary N) is 1. The SMILES string of the molecule is CCC1CCC(C2CC=C(c3cnc(-c4ccc(CC(NC(=O)c5ccc(CC(C)C)cc5)C(=O)N5CC(C(=O)O)C5)cc4)nc3)CC2)CC1. The fourth-order valence-corrected chi connectivity index (χ4v) is 8.02. The van der Waals surface area contributed by atoms with Gasteiger partial charge in [0, 0.05) is 48.6 Å². The van der Waals surface area contributed by atoms with Gasteiger partial charge in [0.25, 0.3) is 5.91 Å². The standard InChI is InChI=1S/C42H52N4O4/c1-4-28-5-11-31(12-6-28)32-17-19-33(20-18-32)36-23-43-39(44-24-36)34-13-7-30(8-14-34)22-38(41(48)46-25-37(26-46)42(49)50)45-40(47)35-15-9-29(10-16-35)21-27(2)3/h7-10,13-16,19,23-24,27-28,31-32,37-38H,4-6,11-12,17-18,20-22,25-26H2,1-3H3,(H,45,47)(H,49,50). The first-order chi connectivity index (χ1) is 24.2. The van der Waals surface area contributed by atoms with Crippen molar-refractivity contribution in [2.24, 2.45) is 29.6 Å². The van der Waals surface area contributed by atoms with Gasteiger partial charge in [-0.05, 0) is 91.0 Å². The summed E-state index contributed by atoms with van der Waals surface area (Å²) in [6.45, 7) is 6.93. The van der Waals surface area contributed by atoms with Crippen LogP contribution in [-0.2, 0) is 22.4 Å². The zero-order valence-electron chi connectivity index (χ0n) is 29.8. The maximum atomic E-state index is 13.5. The van der Waals surface area contributed by atoms with E-state index in [1.807, 2.05) is 48.8 Å². The smallest absolute Gasteiger partial charge is 0.310 e. The van der Waals surface area contributed by atoms with Crippen molar-refractivity contribution in [1.29, 1.82) is 0 Å². The van der Waals surface area contributed by atoms with E-state index in [2.05, 4.69) is 32.2 Å². The molecule has 2 atom stereocenters. The predicted molar refractivity (Wildman–Crippen MR) is 196 cm³/mol. The number of carboxylic acids is 1. The number of benzene rings is 2. The van der Waals surface area contributed by atoms with E-state index < -0.39 is 17.9 Å². The number of hydrogen-bond acceptors (Lipinski definition) is 5. The summed E-state index contributed by atoms with van der Waals surface area (Å²) >= 11 is 0. The molecule has 0 radical (unpaired) electrons. The second-order valence-corrected chi connectivity index (χ2v) is 15.2. The normalized spacial score (nSPS) is 21.6. The van der Waals surface area contributed by atoms with Crippen molar-refractivity contribution in [3.05, 3.63) is 89.3 Å². The van der Waals surface area contributed by atoms with E-state index in [1.54, 1.807) is 12.1 Å². The van der Waals surface area contributed by atoms with Gasteiger partial charge in [0.05, 0.1) is 5.92 Å². The van der Waals surface area contributed by atoms with Crippen LogP contribution >= 0.6 is 0 Å². The highest BCUT2D eigenvalue weighted by Crippen LogP contribution is 2.41. The van der Waals surface area contributed by atoms with Crippen LogP contribution in [0.25, 0.3) is 17.0 Å². The topological polar surface area (TPSA) is 112 Å². The summed E-state index contributed by atoms with van der Waals surface area (Å²) in [6.07, 6.45) is 17.9. The molecule has 2 fully saturated rings. The van der Waals surface area contributed by atoms with Crippen LogP contribution in [0.15, 0.2) is 67.0 Å². The van der Waals surface area contributed by atoms with Crippen LogP contribution in [0.1, 0.15) is 99.2 Å². The lowest BCUT2D eigenvalue weighted by Crippen LogP contribution is -2.59. The van der Waals surface area contributed by atoms with Crippen molar-refractivity contribution in [1.82, 2.24) is 20.2 Å². The van der Waals surface area contributed by atoms with E-state index in [1.165, 1.54) is 49.0 Å². The summed E-state index contributed by atoms with van der Waals surface area (Å²) in [5, 5.41) is 12.3. The van der Waals surface area contributed by atoms with Gasteiger partial charge in [-0.1, -0.05) is 82.5 Å². The van der Waals surface area contributed by atoms with Gasteiger partial charge in [0.1, 0.15) is 6.04 Å². The summed E-state index contributed by atoms with van der Waals surface area (Å²) in [6, 6.07) is 14.4. The molecule has 3 aromatic rings. The molecular weight excluding hydrogens is 624 g/mol. The second-order valence-electron chi connectivity index (χ2n) is 15.2. The minimum absolute atomic E-state index is 0.147. The van der Waals surface area contributed by atoms with E-state index in [-0.39, 0.29) is 31.3 Å². The van der Waals surface area contributed by atoms with Crippen LogP contribution in [0.3, 0.4) is 0 Å². The van der Waals surface area contributed by atoms with Gasteiger partial charge >= 0.3 is 5.97 Å². The number of hydrogen-bond donors (Lipinski definition) is 2. The number of carboxylic acid groups (broad SMARTS) is 1. The molecule has 1 aromatic heterocycles. The fraction of sp³-hybridized carbons (Fsp3) is 0.500. The average molecular weight is 677 g/mol. The molecule has 0 bridgehead atoms. The van der Waals surface area contributed by atoms with Gasteiger partial charge < -0.3 is 15.3 Å². The predicted octanol–water partition coefficient (Wildman–Crippen LogP) is 7.63. The molecule has 8 heteroatoms. The van der Waals surface area contributed by atoms with E-state index in [0.29, 0.717) is 17.3 Å². The summed E-state index contributed by atoms with van der Waals surface area (Å²) in [5.41, 5.74) is 5.84. The molecule has 2 amide bonds. The molecule has 2 unspecified atom stereocenters. The Balaban J connectivity index is 1.08. The third kappa shape index (κ3) is 8.69. The molecule has 2 N–H and O–H groups in total. The number of amides is 2. The number of likely N-dealkylation sites (tertiary alicyclic amines) is 1. The largest absolute Gasteiger partial charge is 0.481 e. The van der Waals surface area contributed by atoms with Gasteiger partial charge in [-0.25, -0.2) is 9.97 Å². The summed E-state index contributed by atoms with van der Waals surface area (Å²) < 4.78 is 0. The third-order valence-electron chi connectivity index (χ3n) is 11.3. The van der Waals surface area contributed by atoms with E-state index in [4.69, 9.17) is 9.97 Å². The number of aliphatic carboxylic acids is 1. The molecule has 8 nitrogen and oxygen atoms in total. The second kappa shape index (κ2) is 16.1. The van der Waals surface area contributed by atoms with Crippen molar-refractivity contribution in [3.63, 3.8) is 0 Å². The van der Waals surface area contributed by atoms with E-state index in [9.17, 15) is 19.5 Å².